The molecule has 1 aliphatic carbocycles. The molecule has 2 fully saturated rings. The number of carboxylic acids is 1. The number of amides is 1. The van der Waals surface area contributed by atoms with Gasteiger partial charge in [0, 0.05) is 12.6 Å². The second kappa shape index (κ2) is 5.26. The second-order valence-corrected chi connectivity index (χ2v) is 5.47. The van der Waals surface area contributed by atoms with E-state index in [0.29, 0.717) is 6.54 Å². The maximum absolute atomic E-state index is 12.7. The summed E-state index contributed by atoms with van der Waals surface area (Å²) in [4.78, 5) is 25.2. The van der Waals surface area contributed by atoms with Crippen LogP contribution in [0, 0.1) is 5.41 Å². The Morgan fingerprint density at radius 2 is 2.17 bits per heavy atom. The minimum atomic E-state index is -0.912. The largest absolute Gasteiger partial charge is 0.480 e. The molecule has 5 heteroatoms. The van der Waals surface area contributed by atoms with Crippen molar-refractivity contribution >= 4 is 11.9 Å². The van der Waals surface area contributed by atoms with E-state index >= 15 is 0 Å². The van der Waals surface area contributed by atoms with Crippen molar-refractivity contribution < 1.29 is 14.7 Å². The molecule has 0 aromatic rings. The average molecular weight is 254 g/mol. The molecule has 0 aromatic carbocycles. The van der Waals surface area contributed by atoms with Crippen LogP contribution in [-0.4, -0.2) is 47.6 Å². The van der Waals surface area contributed by atoms with Crippen LogP contribution in [0.1, 0.15) is 39.0 Å². The Balaban J connectivity index is 2.12. The molecule has 0 bridgehead atoms. The predicted octanol–water partition coefficient (Wildman–Crippen LogP) is 0.842. The molecule has 1 heterocycles. The quantitative estimate of drug-likeness (QED) is 0.763. The van der Waals surface area contributed by atoms with Gasteiger partial charge in [0.2, 0.25) is 5.91 Å². The summed E-state index contributed by atoms with van der Waals surface area (Å²) >= 11 is 0. The van der Waals surface area contributed by atoms with Gasteiger partial charge in [-0.05, 0) is 38.6 Å². The number of aliphatic carboxylic acids is 1. The molecule has 2 aliphatic rings. The van der Waals surface area contributed by atoms with Gasteiger partial charge in [-0.2, -0.15) is 0 Å². The summed E-state index contributed by atoms with van der Waals surface area (Å²) in [6.07, 6.45) is 4.55. The first-order chi connectivity index (χ1) is 8.59. The molecule has 1 unspecified atom stereocenters. The van der Waals surface area contributed by atoms with Gasteiger partial charge in [-0.3, -0.25) is 9.59 Å². The fourth-order valence-electron chi connectivity index (χ4n) is 2.81. The lowest BCUT2D eigenvalue weighted by atomic mass is 9.77. The van der Waals surface area contributed by atoms with Crippen LogP contribution in [0.4, 0.5) is 0 Å². The van der Waals surface area contributed by atoms with Gasteiger partial charge in [0.05, 0.1) is 5.41 Å². The Labute approximate surface area is 108 Å². The number of rotatable bonds is 5. The zero-order chi connectivity index (χ0) is 13.2. The Kier molecular flexibility index (Phi) is 3.90. The third kappa shape index (κ3) is 2.66. The van der Waals surface area contributed by atoms with Crippen molar-refractivity contribution in [1.29, 1.82) is 0 Å². The van der Waals surface area contributed by atoms with Crippen molar-refractivity contribution in [2.75, 3.05) is 19.6 Å². The molecule has 18 heavy (non-hydrogen) atoms. The molecule has 1 saturated heterocycles. The minimum absolute atomic E-state index is 0.0436. The van der Waals surface area contributed by atoms with E-state index in [1.165, 1.54) is 0 Å². The molecule has 1 aliphatic heterocycles. The van der Waals surface area contributed by atoms with Crippen molar-refractivity contribution in [2.45, 2.75) is 45.1 Å². The van der Waals surface area contributed by atoms with Gasteiger partial charge in [-0.25, -0.2) is 0 Å². The van der Waals surface area contributed by atoms with Crippen LogP contribution < -0.4 is 5.32 Å². The zero-order valence-electron chi connectivity index (χ0n) is 10.9. The Hall–Kier alpha value is -1.10. The van der Waals surface area contributed by atoms with Crippen molar-refractivity contribution in [3.63, 3.8) is 0 Å². The molecule has 5 nitrogen and oxygen atoms in total. The molecule has 2 N–H and O–H groups in total. The third-order valence-electron chi connectivity index (χ3n) is 4.16. The summed E-state index contributed by atoms with van der Waals surface area (Å²) in [5, 5.41) is 12.2. The van der Waals surface area contributed by atoms with Gasteiger partial charge < -0.3 is 15.3 Å². The highest BCUT2D eigenvalue weighted by Gasteiger charge is 2.45. The Morgan fingerprint density at radius 1 is 1.44 bits per heavy atom. The highest BCUT2D eigenvalue weighted by Crippen LogP contribution is 2.36. The standard InChI is InChI=1S/C13H22N2O3/c1-2-13(6-3-7-14-9-13)12(18)15(8-11(16)17)10-4-5-10/h10,14H,2-9H2,1H3,(H,16,17). The molecule has 102 valence electrons. The highest BCUT2D eigenvalue weighted by molar-refractivity contribution is 5.87. The number of carboxylic acid groups (broad SMARTS) is 1. The van der Waals surface area contributed by atoms with Gasteiger partial charge >= 0.3 is 5.97 Å². The van der Waals surface area contributed by atoms with Crippen LogP contribution in [0.2, 0.25) is 0 Å². The summed E-state index contributed by atoms with van der Waals surface area (Å²) in [7, 11) is 0. The van der Waals surface area contributed by atoms with Gasteiger partial charge in [0.25, 0.3) is 0 Å². The van der Waals surface area contributed by atoms with Crippen molar-refractivity contribution in [2.24, 2.45) is 5.41 Å². The average Bonchev–Trinajstić information content (AvgIpc) is 3.20. The fourth-order valence-corrected chi connectivity index (χ4v) is 2.81. The zero-order valence-corrected chi connectivity index (χ0v) is 10.9. The SMILES string of the molecule is CCC1(C(=O)N(CC(=O)O)C2CC2)CCCNC1. The summed E-state index contributed by atoms with van der Waals surface area (Å²) in [6, 6.07) is 0.166. The lowest BCUT2D eigenvalue weighted by molar-refractivity contribution is -0.151. The minimum Gasteiger partial charge on any atom is -0.480 e. The first kappa shape index (κ1) is 13.3. The maximum Gasteiger partial charge on any atom is 0.323 e. The molecule has 2 rings (SSSR count). The topological polar surface area (TPSA) is 69.6 Å². The highest BCUT2D eigenvalue weighted by atomic mass is 16.4. The first-order valence-electron chi connectivity index (χ1n) is 6.82. The number of carbonyl (C=O) groups excluding carboxylic acids is 1. The molecule has 0 aromatic heterocycles. The van der Waals surface area contributed by atoms with E-state index < -0.39 is 5.97 Å². The number of hydrogen-bond acceptors (Lipinski definition) is 3. The second-order valence-electron chi connectivity index (χ2n) is 5.47. The maximum atomic E-state index is 12.7. The van der Waals surface area contributed by atoms with Crippen molar-refractivity contribution in [3.05, 3.63) is 0 Å². The van der Waals surface area contributed by atoms with Crippen LogP contribution in [-0.2, 0) is 9.59 Å². The molecule has 1 atom stereocenters. The number of carbonyl (C=O) groups is 2. The molecule has 1 saturated carbocycles. The monoisotopic (exact) mass is 254 g/mol. The lowest BCUT2D eigenvalue weighted by Gasteiger charge is -2.39. The smallest absolute Gasteiger partial charge is 0.323 e. The van der Waals surface area contributed by atoms with E-state index in [1.807, 2.05) is 6.92 Å². The van der Waals surface area contributed by atoms with Crippen LogP contribution in [0.25, 0.3) is 0 Å². The van der Waals surface area contributed by atoms with Gasteiger partial charge in [0.1, 0.15) is 6.54 Å². The van der Waals surface area contributed by atoms with Crippen LogP contribution >= 0.6 is 0 Å². The molecule has 0 radical (unpaired) electrons. The summed E-state index contributed by atoms with van der Waals surface area (Å²) in [5.74, 6) is -0.868. The number of piperidine rings is 1. The summed E-state index contributed by atoms with van der Waals surface area (Å²) in [5.41, 5.74) is -0.379. The molecular weight excluding hydrogens is 232 g/mol. The third-order valence-corrected chi connectivity index (χ3v) is 4.16. The van der Waals surface area contributed by atoms with E-state index in [-0.39, 0.29) is 23.9 Å². The van der Waals surface area contributed by atoms with E-state index in [1.54, 1.807) is 4.90 Å². The first-order valence-corrected chi connectivity index (χ1v) is 6.82. The Bertz CT molecular complexity index is 333. The number of hydrogen-bond donors (Lipinski definition) is 2. The van der Waals surface area contributed by atoms with Crippen LogP contribution in [0.5, 0.6) is 0 Å². The number of nitrogens with one attached hydrogen (secondary N) is 1. The van der Waals surface area contributed by atoms with Gasteiger partial charge in [-0.1, -0.05) is 6.92 Å². The fraction of sp³-hybridized carbons (Fsp3) is 0.846. The predicted molar refractivity (Wildman–Crippen MR) is 67.2 cm³/mol. The molecule has 1 amide bonds. The van der Waals surface area contributed by atoms with Crippen molar-refractivity contribution in [1.82, 2.24) is 10.2 Å². The van der Waals surface area contributed by atoms with E-state index in [4.69, 9.17) is 5.11 Å². The van der Waals surface area contributed by atoms with Crippen LogP contribution in [0.15, 0.2) is 0 Å². The van der Waals surface area contributed by atoms with Crippen LogP contribution in [0.3, 0.4) is 0 Å². The lowest BCUT2D eigenvalue weighted by Crippen LogP contribution is -2.53. The normalized spacial score (nSPS) is 27.8. The summed E-state index contributed by atoms with van der Waals surface area (Å²) in [6.45, 7) is 3.52. The molecule has 0 spiro atoms. The van der Waals surface area contributed by atoms with Gasteiger partial charge in [-0.15, -0.1) is 0 Å². The van der Waals surface area contributed by atoms with E-state index in [2.05, 4.69) is 5.32 Å². The Morgan fingerprint density at radius 3 is 2.61 bits per heavy atom. The van der Waals surface area contributed by atoms with Crippen molar-refractivity contribution in [3.8, 4) is 0 Å². The van der Waals surface area contributed by atoms with E-state index in [0.717, 1.165) is 38.6 Å². The van der Waals surface area contributed by atoms with E-state index in [9.17, 15) is 9.59 Å². The molecular formula is C13H22N2O3. The number of nitrogens with zero attached hydrogens (tertiary/aromatic N) is 1. The van der Waals surface area contributed by atoms with Gasteiger partial charge in [0.15, 0.2) is 0 Å². The summed E-state index contributed by atoms with van der Waals surface area (Å²) < 4.78 is 0.